The molecule has 5 nitrogen and oxygen atoms in total. The van der Waals surface area contributed by atoms with Gasteiger partial charge in [0.15, 0.2) is 6.61 Å². The summed E-state index contributed by atoms with van der Waals surface area (Å²) >= 11 is 11.9. The van der Waals surface area contributed by atoms with Crippen molar-refractivity contribution in [3.63, 3.8) is 0 Å². The lowest BCUT2D eigenvalue weighted by Crippen LogP contribution is -2.31. The number of carbonyl (C=O) groups is 1. The molecule has 1 N–H and O–H groups in total. The molecular weight excluding hydrogens is 377 g/mol. The first-order valence-corrected chi connectivity index (χ1v) is 8.59. The van der Waals surface area contributed by atoms with Crippen molar-refractivity contribution < 1.29 is 13.9 Å². The largest absolute Gasteiger partial charge is 0.484 e. The molecule has 3 aromatic rings. The monoisotopic (exact) mass is 391 g/mol. The number of rotatable bonds is 5. The standard InChI is InChI=1S/C19H15Cl2NO4/c1-11(13-3-6-15(20)16(21)8-13)22-18(23)10-25-14-5-2-12-4-7-19(24)26-17(12)9-14/h2-9,11H,10H2,1H3,(H,22,23)/t11-/m0/s1. The summed E-state index contributed by atoms with van der Waals surface area (Å²) in [6.07, 6.45) is 0. The molecule has 0 saturated carbocycles. The molecule has 0 aliphatic rings. The van der Waals surface area contributed by atoms with E-state index in [2.05, 4.69) is 5.32 Å². The minimum atomic E-state index is -0.442. The van der Waals surface area contributed by atoms with Crippen LogP contribution in [0.2, 0.25) is 10.0 Å². The van der Waals surface area contributed by atoms with Gasteiger partial charge in [0.1, 0.15) is 11.3 Å². The van der Waals surface area contributed by atoms with Gasteiger partial charge in [0.05, 0.1) is 16.1 Å². The highest BCUT2D eigenvalue weighted by atomic mass is 35.5. The van der Waals surface area contributed by atoms with E-state index in [1.54, 1.807) is 42.5 Å². The van der Waals surface area contributed by atoms with E-state index in [0.29, 0.717) is 21.4 Å². The molecule has 0 spiro atoms. The fourth-order valence-electron chi connectivity index (χ4n) is 2.43. The Kier molecular flexibility index (Phi) is 5.49. The molecule has 1 aromatic heterocycles. The minimum absolute atomic E-state index is 0.172. The summed E-state index contributed by atoms with van der Waals surface area (Å²) in [5.41, 5.74) is 0.794. The molecule has 0 radical (unpaired) electrons. The zero-order valence-electron chi connectivity index (χ0n) is 13.8. The van der Waals surface area contributed by atoms with E-state index in [4.69, 9.17) is 32.4 Å². The van der Waals surface area contributed by atoms with Crippen molar-refractivity contribution in [3.8, 4) is 5.75 Å². The van der Waals surface area contributed by atoms with Gasteiger partial charge in [-0.1, -0.05) is 29.3 Å². The van der Waals surface area contributed by atoms with E-state index in [-0.39, 0.29) is 18.6 Å². The molecule has 0 unspecified atom stereocenters. The Morgan fingerprint density at radius 1 is 1.12 bits per heavy atom. The molecule has 1 heterocycles. The molecule has 3 rings (SSSR count). The van der Waals surface area contributed by atoms with Crippen molar-refractivity contribution in [1.29, 1.82) is 0 Å². The molecule has 0 aliphatic heterocycles. The first-order chi connectivity index (χ1) is 12.4. The number of benzene rings is 2. The first-order valence-electron chi connectivity index (χ1n) is 7.83. The predicted octanol–water partition coefficient (Wildman–Crippen LogP) is 4.36. The SMILES string of the molecule is C[C@H](NC(=O)COc1ccc2ccc(=O)oc2c1)c1ccc(Cl)c(Cl)c1. The average molecular weight is 392 g/mol. The molecule has 1 amide bonds. The summed E-state index contributed by atoms with van der Waals surface area (Å²) in [7, 11) is 0. The molecule has 0 saturated heterocycles. The lowest BCUT2D eigenvalue weighted by atomic mass is 10.1. The second kappa shape index (κ2) is 7.81. The van der Waals surface area contributed by atoms with Crippen molar-refractivity contribution in [2.24, 2.45) is 0 Å². The molecular formula is C19H15Cl2NO4. The van der Waals surface area contributed by atoms with E-state index < -0.39 is 5.63 Å². The van der Waals surface area contributed by atoms with Gasteiger partial charge in [-0.3, -0.25) is 4.79 Å². The van der Waals surface area contributed by atoms with Gasteiger partial charge in [-0.25, -0.2) is 4.79 Å². The molecule has 26 heavy (non-hydrogen) atoms. The van der Waals surface area contributed by atoms with Crippen LogP contribution in [0.3, 0.4) is 0 Å². The number of carbonyl (C=O) groups excluding carboxylic acids is 1. The lowest BCUT2D eigenvalue weighted by molar-refractivity contribution is -0.123. The van der Waals surface area contributed by atoms with Crippen molar-refractivity contribution in [2.75, 3.05) is 6.61 Å². The number of ether oxygens (including phenoxy) is 1. The van der Waals surface area contributed by atoms with Crippen LogP contribution in [0.25, 0.3) is 11.0 Å². The molecule has 134 valence electrons. The number of amides is 1. The van der Waals surface area contributed by atoms with Crippen LogP contribution in [0.1, 0.15) is 18.5 Å². The second-order valence-electron chi connectivity index (χ2n) is 5.71. The lowest BCUT2D eigenvalue weighted by Gasteiger charge is -2.15. The van der Waals surface area contributed by atoms with Gasteiger partial charge in [-0.15, -0.1) is 0 Å². The smallest absolute Gasteiger partial charge is 0.336 e. The summed E-state index contributed by atoms with van der Waals surface area (Å²) in [4.78, 5) is 23.4. The van der Waals surface area contributed by atoms with Gasteiger partial charge in [-0.2, -0.15) is 0 Å². The Bertz CT molecular complexity index is 1020. The Balaban J connectivity index is 1.61. The van der Waals surface area contributed by atoms with Gasteiger partial charge in [0.25, 0.3) is 5.91 Å². The van der Waals surface area contributed by atoms with E-state index >= 15 is 0 Å². The first kappa shape index (κ1) is 18.3. The van der Waals surface area contributed by atoms with Gasteiger partial charge in [0, 0.05) is 17.5 Å². The molecule has 2 aromatic carbocycles. The summed E-state index contributed by atoms with van der Waals surface area (Å²) in [5.74, 6) is 0.141. The Hall–Kier alpha value is -2.50. The van der Waals surface area contributed by atoms with Crippen LogP contribution in [0.5, 0.6) is 5.75 Å². The summed E-state index contributed by atoms with van der Waals surface area (Å²) < 4.78 is 10.6. The van der Waals surface area contributed by atoms with E-state index in [9.17, 15) is 9.59 Å². The highest BCUT2D eigenvalue weighted by Gasteiger charge is 2.12. The minimum Gasteiger partial charge on any atom is -0.484 e. The van der Waals surface area contributed by atoms with Crippen LogP contribution in [-0.4, -0.2) is 12.5 Å². The normalized spacial score (nSPS) is 12.0. The van der Waals surface area contributed by atoms with E-state index in [1.807, 2.05) is 6.92 Å². The van der Waals surface area contributed by atoms with Crippen LogP contribution in [0.15, 0.2) is 57.7 Å². The summed E-state index contributed by atoms with van der Waals surface area (Å²) in [6.45, 7) is 1.66. The van der Waals surface area contributed by atoms with Crippen molar-refractivity contribution in [3.05, 3.63) is 74.6 Å². The number of hydrogen-bond donors (Lipinski definition) is 1. The van der Waals surface area contributed by atoms with Crippen molar-refractivity contribution in [2.45, 2.75) is 13.0 Å². The summed E-state index contributed by atoms with van der Waals surface area (Å²) in [6, 6.07) is 13.0. The summed E-state index contributed by atoms with van der Waals surface area (Å²) in [5, 5.41) is 4.48. The fourth-order valence-corrected chi connectivity index (χ4v) is 2.73. The number of halogens is 2. The van der Waals surface area contributed by atoms with Crippen LogP contribution in [0, 0.1) is 0 Å². The quantitative estimate of drug-likeness (QED) is 0.656. The van der Waals surface area contributed by atoms with Crippen LogP contribution in [-0.2, 0) is 4.79 Å². The third-order valence-electron chi connectivity index (χ3n) is 3.79. The van der Waals surface area contributed by atoms with Crippen LogP contribution in [0.4, 0.5) is 0 Å². The molecule has 7 heteroatoms. The maximum absolute atomic E-state index is 12.1. The molecule has 0 aliphatic carbocycles. The van der Waals surface area contributed by atoms with Gasteiger partial charge >= 0.3 is 5.63 Å². The maximum Gasteiger partial charge on any atom is 0.336 e. The Morgan fingerprint density at radius 3 is 2.65 bits per heavy atom. The van der Waals surface area contributed by atoms with Crippen LogP contribution < -0.4 is 15.7 Å². The van der Waals surface area contributed by atoms with Gasteiger partial charge < -0.3 is 14.5 Å². The Labute approximate surface area is 159 Å². The number of nitrogens with one attached hydrogen (secondary N) is 1. The Morgan fingerprint density at radius 2 is 1.88 bits per heavy atom. The third kappa shape index (κ3) is 4.36. The van der Waals surface area contributed by atoms with Gasteiger partial charge in [0.2, 0.25) is 0 Å². The highest BCUT2D eigenvalue weighted by molar-refractivity contribution is 6.42. The fraction of sp³-hybridized carbons (Fsp3) is 0.158. The van der Waals surface area contributed by atoms with Crippen molar-refractivity contribution in [1.82, 2.24) is 5.32 Å². The topological polar surface area (TPSA) is 68.5 Å². The zero-order valence-corrected chi connectivity index (χ0v) is 15.3. The van der Waals surface area contributed by atoms with Crippen LogP contribution >= 0.6 is 23.2 Å². The number of hydrogen-bond acceptors (Lipinski definition) is 4. The predicted molar refractivity (Wildman–Crippen MR) is 101 cm³/mol. The average Bonchev–Trinajstić information content (AvgIpc) is 2.61. The van der Waals surface area contributed by atoms with E-state index in [1.165, 1.54) is 6.07 Å². The molecule has 0 bridgehead atoms. The van der Waals surface area contributed by atoms with E-state index in [0.717, 1.165) is 10.9 Å². The highest BCUT2D eigenvalue weighted by Crippen LogP contribution is 2.25. The number of fused-ring (bicyclic) bond motifs is 1. The second-order valence-corrected chi connectivity index (χ2v) is 6.52. The molecule has 0 fully saturated rings. The van der Waals surface area contributed by atoms with Crippen molar-refractivity contribution >= 4 is 40.1 Å². The van der Waals surface area contributed by atoms with Gasteiger partial charge in [-0.05, 0) is 42.8 Å². The zero-order chi connectivity index (χ0) is 18.7. The molecule has 1 atom stereocenters. The third-order valence-corrected chi connectivity index (χ3v) is 4.52. The maximum atomic E-state index is 12.1.